The molecule has 0 saturated heterocycles. The van der Waals surface area contributed by atoms with Crippen LogP contribution >= 0.6 is 0 Å². The predicted molar refractivity (Wildman–Crippen MR) is 160 cm³/mol. The number of fused-ring (bicyclic) bond motifs is 2. The highest BCUT2D eigenvalue weighted by Gasteiger charge is 2.43. The molecule has 0 spiro atoms. The van der Waals surface area contributed by atoms with Crippen LogP contribution in [0.5, 0.6) is 0 Å². The van der Waals surface area contributed by atoms with Gasteiger partial charge in [0.25, 0.3) is 0 Å². The lowest BCUT2D eigenvalue weighted by molar-refractivity contribution is -0.143. The van der Waals surface area contributed by atoms with Gasteiger partial charge in [-0.25, -0.2) is 4.39 Å². The molecule has 0 unspecified atom stereocenters. The fourth-order valence-electron chi connectivity index (χ4n) is 6.03. The summed E-state index contributed by atoms with van der Waals surface area (Å²) >= 11 is 0. The van der Waals surface area contributed by atoms with Crippen molar-refractivity contribution in [2.24, 2.45) is 0 Å². The summed E-state index contributed by atoms with van der Waals surface area (Å²) in [5, 5.41) is 69.1. The number of hydrogen-bond donors (Lipinski definition) is 0. The Morgan fingerprint density at radius 2 is 0.925 bits per heavy atom. The molecule has 0 aromatic heterocycles. The van der Waals surface area contributed by atoms with Gasteiger partial charge in [0, 0.05) is 33.4 Å². The standard InChI is InChI=1S/C36H7F10N7/c37-33-31-22(29(18(9-48)10-49)27(24(31)13-52)15-1-2-16(8-47)26(5-15)36(44,45)46)7-23-30(19(11-50)12-51)28(25(14-53)32(23)33)17-3-20(34(38,39)40)6-21(4-17)35(41,42)43/h1-7H. The molecule has 3 aromatic rings. The van der Waals surface area contributed by atoms with Gasteiger partial charge in [-0.15, -0.1) is 0 Å². The fraction of sp³-hybridized carbons (Fsp3) is 0.0833. The molecule has 0 amide bonds. The SMILES string of the molecule is N#CC(C#N)=C1C(c2cc(C(F)(F)F)cc(C(F)(F)F)c2)=C(C#N)c2c1cc1c(c2F)C(C#N)=C(c2ccc(C#N)c(C(F)(F)F)c2)C1=C(C#N)C#N. The van der Waals surface area contributed by atoms with Gasteiger partial charge in [-0.2, -0.15) is 76.3 Å². The van der Waals surface area contributed by atoms with Crippen molar-refractivity contribution in [3.63, 3.8) is 0 Å². The Hall–Kier alpha value is -7.65. The molecule has 0 fully saturated rings. The summed E-state index contributed by atoms with van der Waals surface area (Å²) in [6.07, 6.45) is -16.0. The molecule has 2 aliphatic carbocycles. The number of rotatable bonds is 2. The Morgan fingerprint density at radius 1 is 0.491 bits per heavy atom. The van der Waals surface area contributed by atoms with E-state index in [0.717, 1.165) is 12.1 Å². The van der Waals surface area contributed by atoms with Gasteiger partial charge in [0.2, 0.25) is 0 Å². The number of hydrogen-bond acceptors (Lipinski definition) is 7. The summed E-state index contributed by atoms with van der Waals surface area (Å²) in [5.41, 5.74) is -17.6. The topological polar surface area (TPSA) is 167 Å². The zero-order chi connectivity index (χ0) is 39.4. The Morgan fingerprint density at radius 3 is 1.28 bits per heavy atom. The van der Waals surface area contributed by atoms with Crippen LogP contribution in [0, 0.1) is 85.1 Å². The zero-order valence-corrected chi connectivity index (χ0v) is 25.5. The number of halogens is 10. The third-order valence-corrected chi connectivity index (χ3v) is 8.09. The number of nitriles is 7. The normalized spacial score (nSPS) is 13.5. The van der Waals surface area contributed by atoms with E-state index in [1.165, 1.54) is 36.4 Å². The molecular formula is C36H7F10N7. The van der Waals surface area contributed by atoms with Crippen molar-refractivity contribution in [2.75, 3.05) is 0 Å². The predicted octanol–water partition coefficient (Wildman–Crippen LogP) is 9.25. The maximum absolute atomic E-state index is 17.0. The van der Waals surface area contributed by atoms with Crippen LogP contribution in [0.2, 0.25) is 0 Å². The Bertz CT molecular complexity index is 2590. The fourth-order valence-corrected chi connectivity index (χ4v) is 6.03. The van der Waals surface area contributed by atoms with E-state index in [2.05, 4.69) is 0 Å². The van der Waals surface area contributed by atoms with Crippen LogP contribution in [0.25, 0.3) is 33.4 Å². The van der Waals surface area contributed by atoms with Crippen molar-refractivity contribution in [2.45, 2.75) is 18.5 Å². The van der Waals surface area contributed by atoms with Crippen LogP contribution in [0.1, 0.15) is 55.6 Å². The molecule has 0 saturated carbocycles. The van der Waals surface area contributed by atoms with Gasteiger partial charge in [-0.1, -0.05) is 6.07 Å². The molecule has 2 aliphatic rings. The van der Waals surface area contributed by atoms with E-state index in [4.69, 9.17) is 0 Å². The van der Waals surface area contributed by atoms with Crippen LogP contribution < -0.4 is 0 Å². The summed E-state index contributed by atoms with van der Waals surface area (Å²) < 4.78 is 142. The molecule has 53 heavy (non-hydrogen) atoms. The van der Waals surface area contributed by atoms with Crippen LogP contribution in [0.3, 0.4) is 0 Å². The highest BCUT2D eigenvalue weighted by atomic mass is 19.4. The Balaban J connectivity index is 2.00. The van der Waals surface area contributed by atoms with Crippen molar-refractivity contribution in [3.8, 4) is 42.5 Å². The third kappa shape index (κ3) is 5.78. The second kappa shape index (κ2) is 12.6. The largest absolute Gasteiger partial charge is 0.417 e. The minimum Gasteiger partial charge on any atom is -0.206 e. The molecule has 0 aliphatic heterocycles. The van der Waals surface area contributed by atoms with Gasteiger partial charge in [0.1, 0.15) is 53.4 Å². The zero-order valence-electron chi connectivity index (χ0n) is 25.5. The van der Waals surface area contributed by atoms with E-state index in [0.29, 0.717) is 12.1 Å². The number of allylic oxidation sites excluding steroid dienone is 8. The lowest BCUT2D eigenvalue weighted by atomic mass is 9.88. The molecular weight excluding hydrogens is 720 g/mol. The maximum Gasteiger partial charge on any atom is 0.417 e. The van der Waals surface area contributed by atoms with E-state index in [1.54, 1.807) is 6.07 Å². The van der Waals surface area contributed by atoms with E-state index >= 15 is 4.39 Å². The van der Waals surface area contributed by atoms with Gasteiger partial charge < -0.3 is 0 Å². The minimum atomic E-state index is -5.41. The minimum absolute atomic E-state index is 0.169. The Labute approximate surface area is 290 Å². The number of benzene rings is 3. The summed E-state index contributed by atoms with van der Waals surface area (Å²) in [5.74, 6) is -1.62. The van der Waals surface area contributed by atoms with Crippen LogP contribution in [0.4, 0.5) is 43.9 Å². The second-order valence-corrected chi connectivity index (χ2v) is 10.9. The molecule has 0 radical (unpaired) electrons. The highest BCUT2D eigenvalue weighted by Crippen LogP contribution is 2.56. The van der Waals surface area contributed by atoms with Gasteiger partial charge >= 0.3 is 18.5 Å². The maximum atomic E-state index is 17.0. The van der Waals surface area contributed by atoms with Crippen LogP contribution in [0.15, 0.2) is 53.6 Å². The lowest BCUT2D eigenvalue weighted by Gasteiger charge is -2.16. The first-order valence-electron chi connectivity index (χ1n) is 14.0. The summed E-state index contributed by atoms with van der Waals surface area (Å²) in [4.78, 5) is 0. The molecule has 0 bridgehead atoms. The Kier molecular flexibility index (Phi) is 8.70. The van der Waals surface area contributed by atoms with Gasteiger partial charge in [0.15, 0.2) is 0 Å². The molecule has 0 atom stereocenters. The van der Waals surface area contributed by atoms with Crippen LogP contribution in [-0.2, 0) is 18.5 Å². The molecule has 3 aromatic carbocycles. The van der Waals surface area contributed by atoms with Crippen molar-refractivity contribution < 1.29 is 43.9 Å². The average Bonchev–Trinajstić information content (AvgIpc) is 3.61. The number of nitrogens with zero attached hydrogens (tertiary/aromatic N) is 7. The first-order chi connectivity index (χ1) is 24.8. The van der Waals surface area contributed by atoms with Crippen molar-refractivity contribution >= 4 is 33.4 Å². The third-order valence-electron chi connectivity index (χ3n) is 8.09. The molecule has 0 N–H and O–H groups in total. The number of alkyl halides is 9. The van der Waals surface area contributed by atoms with E-state index in [-0.39, 0.29) is 18.2 Å². The summed E-state index contributed by atoms with van der Waals surface area (Å²) in [6, 6.07) is 13.0. The highest BCUT2D eigenvalue weighted by molar-refractivity contribution is 6.30. The van der Waals surface area contributed by atoms with Crippen molar-refractivity contribution in [1.82, 2.24) is 0 Å². The molecule has 5 rings (SSSR count). The average molecular weight is 727 g/mol. The van der Waals surface area contributed by atoms with Crippen molar-refractivity contribution in [3.05, 3.63) is 115 Å². The first kappa shape index (κ1) is 36.6. The van der Waals surface area contributed by atoms with Crippen molar-refractivity contribution in [1.29, 1.82) is 36.8 Å². The van der Waals surface area contributed by atoms with Gasteiger partial charge in [0.05, 0.1) is 39.5 Å². The van der Waals surface area contributed by atoms with E-state index < -0.39 is 125 Å². The summed E-state index contributed by atoms with van der Waals surface area (Å²) in [6.45, 7) is 0. The van der Waals surface area contributed by atoms with E-state index in [9.17, 15) is 76.3 Å². The van der Waals surface area contributed by atoms with Gasteiger partial charge in [-0.3, -0.25) is 0 Å². The van der Waals surface area contributed by atoms with E-state index in [1.807, 2.05) is 0 Å². The molecule has 256 valence electrons. The second-order valence-electron chi connectivity index (χ2n) is 10.9. The first-order valence-corrected chi connectivity index (χ1v) is 14.0. The molecule has 7 nitrogen and oxygen atoms in total. The molecule has 17 heteroatoms. The quantitative estimate of drug-likeness (QED) is 0.187. The van der Waals surface area contributed by atoms with Crippen LogP contribution in [-0.4, -0.2) is 0 Å². The lowest BCUT2D eigenvalue weighted by Crippen LogP contribution is -2.12. The summed E-state index contributed by atoms with van der Waals surface area (Å²) in [7, 11) is 0. The van der Waals surface area contributed by atoms with Gasteiger partial charge in [-0.05, 0) is 58.7 Å². The molecule has 0 heterocycles. The smallest absolute Gasteiger partial charge is 0.206 e. The monoisotopic (exact) mass is 727 g/mol.